The van der Waals surface area contributed by atoms with Gasteiger partial charge in [0.1, 0.15) is 11.6 Å². The quantitative estimate of drug-likeness (QED) is 0.317. The van der Waals surface area contributed by atoms with E-state index in [-0.39, 0.29) is 12.1 Å². The molecule has 5 rings (SSSR count). The van der Waals surface area contributed by atoms with Crippen molar-refractivity contribution < 1.29 is 5.11 Å². The number of aryl methyl sites for hydroxylation is 1. The second-order valence-electron chi connectivity index (χ2n) is 10.1. The summed E-state index contributed by atoms with van der Waals surface area (Å²) in [6.07, 6.45) is 16.2. The van der Waals surface area contributed by atoms with Crippen LogP contribution in [0.15, 0.2) is 46.9 Å². The Kier molecular flexibility index (Phi) is 7.89. The Labute approximate surface area is 224 Å². The maximum Gasteiger partial charge on any atom is 0.228 e. The molecule has 0 radical (unpaired) electrons. The zero-order valence-corrected chi connectivity index (χ0v) is 22.2. The highest BCUT2D eigenvalue weighted by Gasteiger charge is 2.23. The maximum atomic E-state index is 12.8. The van der Waals surface area contributed by atoms with E-state index >= 15 is 0 Å². The Balaban J connectivity index is 1.37. The van der Waals surface area contributed by atoms with E-state index in [1.807, 2.05) is 6.07 Å². The third kappa shape index (κ3) is 5.81. The molecule has 198 valence electrons. The molecule has 1 saturated heterocycles. The van der Waals surface area contributed by atoms with Gasteiger partial charge in [0.25, 0.3) is 0 Å². The second kappa shape index (κ2) is 11.7. The van der Waals surface area contributed by atoms with Gasteiger partial charge in [-0.05, 0) is 68.8 Å². The highest BCUT2D eigenvalue weighted by molar-refractivity contribution is 5.96. The third-order valence-electron chi connectivity index (χ3n) is 7.54. The highest BCUT2D eigenvalue weighted by atomic mass is 16.3. The van der Waals surface area contributed by atoms with Gasteiger partial charge < -0.3 is 25.5 Å². The van der Waals surface area contributed by atoms with Crippen LogP contribution in [0.25, 0.3) is 0 Å². The first-order valence-electron chi connectivity index (χ1n) is 13.4. The molecule has 1 unspecified atom stereocenters. The van der Waals surface area contributed by atoms with E-state index in [2.05, 4.69) is 73.5 Å². The van der Waals surface area contributed by atoms with Crippen molar-refractivity contribution in [1.82, 2.24) is 24.8 Å². The fourth-order valence-corrected chi connectivity index (χ4v) is 5.25. The normalized spacial score (nSPS) is 19.9. The molecule has 1 atom stereocenters. The number of hydrogen-bond acceptors (Lipinski definition) is 9. The number of pyridine rings is 1. The van der Waals surface area contributed by atoms with Crippen molar-refractivity contribution in [2.24, 2.45) is 4.99 Å². The van der Waals surface area contributed by atoms with Crippen LogP contribution in [0.4, 0.5) is 17.6 Å². The van der Waals surface area contributed by atoms with E-state index in [9.17, 15) is 5.11 Å². The standard InChI is InChI=1S/C29H36N8O/c1-4-14-30-28(38)24-19-31-29(32-22-9-11-23(12-10-22)37-17-15-36(3)16-18-37)35-27(24)34-25-13-8-21-7-6-20(5-2)26(21)33-25/h1,8-9,11,13,19-20H,5-7,10,12,14-18H2,2-3H3,(H,30,38)(H2,31,32,33,34,35)/p-1. The summed E-state index contributed by atoms with van der Waals surface area (Å²) >= 11 is 0. The van der Waals surface area contributed by atoms with Gasteiger partial charge in [0.15, 0.2) is 0 Å². The zero-order valence-electron chi connectivity index (χ0n) is 22.2. The molecule has 9 nitrogen and oxygen atoms in total. The van der Waals surface area contributed by atoms with Crippen molar-refractivity contribution in [2.75, 3.05) is 50.4 Å². The molecule has 0 aromatic carbocycles. The minimum Gasteiger partial charge on any atom is -0.858 e. The first kappa shape index (κ1) is 25.7. The Morgan fingerprint density at radius 2 is 1.97 bits per heavy atom. The van der Waals surface area contributed by atoms with Gasteiger partial charge in [0.05, 0.1) is 6.54 Å². The summed E-state index contributed by atoms with van der Waals surface area (Å²) < 4.78 is 0. The number of allylic oxidation sites excluding steroid dienone is 4. The van der Waals surface area contributed by atoms with Crippen LogP contribution in [-0.4, -0.2) is 70.4 Å². The van der Waals surface area contributed by atoms with Crippen LogP contribution < -0.4 is 15.7 Å². The second-order valence-corrected chi connectivity index (χ2v) is 10.1. The number of aliphatic imine (C=N–C) groups is 1. The molecule has 3 heterocycles. The highest BCUT2D eigenvalue weighted by Crippen LogP contribution is 2.35. The van der Waals surface area contributed by atoms with Gasteiger partial charge in [-0.3, -0.25) is 4.99 Å². The molecule has 2 aliphatic carbocycles. The fraction of sp³-hybridized carbons (Fsp3) is 0.448. The van der Waals surface area contributed by atoms with Crippen LogP contribution in [0.1, 0.15) is 55.3 Å². The molecule has 1 aliphatic heterocycles. The van der Waals surface area contributed by atoms with Gasteiger partial charge in [0.2, 0.25) is 5.95 Å². The van der Waals surface area contributed by atoms with E-state index in [4.69, 9.17) is 11.4 Å². The average Bonchev–Trinajstić information content (AvgIpc) is 3.35. The van der Waals surface area contributed by atoms with Crippen molar-refractivity contribution in [2.45, 2.75) is 44.9 Å². The third-order valence-corrected chi connectivity index (χ3v) is 7.54. The summed E-state index contributed by atoms with van der Waals surface area (Å²) in [5.41, 5.74) is 5.09. The van der Waals surface area contributed by atoms with Crippen LogP contribution in [0.2, 0.25) is 0 Å². The number of anilines is 3. The minimum absolute atomic E-state index is 0.00239. The predicted molar refractivity (Wildman–Crippen MR) is 149 cm³/mol. The SMILES string of the molecule is C#CCN=C([O-])c1cnc(NC2=CC=C(N3CCN(C)CC3)CC2)nc1Nc1ccc2c(n1)C(CC)CC2. The molecule has 2 N–H and O–H groups in total. The topological polar surface area (TPSA) is 105 Å². The van der Waals surface area contributed by atoms with Crippen LogP contribution in [-0.2, 0) is 6.42 Å². The molecular formula is C29H35N8O-. The van der Waals surface area contributed by atoms with Crippen molar-refractivity contribution in [3.05, 3.63) is 58.7 Å². The Hall–Kier alpha value is -3.90. The van der Waals surface area contributed by atoms with Gasteiger partial charge in [-0.1, -0.05) is 18.9 Å². The summed E-state index contributed by atoms with van der Waals surface area (Å²) in [7, 11) is 2.17. The summed E-state index contributed by atoms with van der Waals surface area (Å²) in [5, 5.41) is 19.4. The van der Waals surface area contributed by atoms with E-state index in [0.29, 0.717) is 23.5 Å². The first-order chi connectivity index (χ1) is 18.5. The van der Waals surface area contributed by atoms with Crippen LogP contribution in [0.3, 0.4) is 0 Å². The summed E-state index contributed by atoms with van der Waals surface area (Å²) in [4.78, 5) is 22.7. The number of likely N-dealkylation sites (N-methyl/N-ethyl adjacent to an activating group) is 1. The number of rotatable bonds is 8. The Morgan fingerprint density at radius 1 is 1.13 bits per heavy atom. The number of aromatic nitrogens is 3. The number of nitrogens with zero attached hydrogens (tertiary/aromatic N) is 6. The van der Waals surface area contributed by atoms with Gasteiger partial charge in [-0.15, -0.1) is 6.42 Å². The number of terminal acetylenes is 1. The first-order valence-corrected chi connectivity index (χ1v) is 13.4. The largest absolute Gasteiger partial charge is 0.858 e. The summed E-state index contributed by atoms with van der Waals surface area (Å²) in [5.74, 6) is 3.80. The molecule has 0 saturated carbocycles. The maximum absolute atomic E-state index is 12.8. The van der Waals surface area contributed by atoms with Gasteiger partial charge in [0, 0.05) is 60.9 Å². The Bertz CT molecular complexity index is 1300. The molecule has 0 amide bonds. The van der Waals surface area contributed by atoms with Gasteiger partial charge in [-0.25, -0.2) is 9.97 Å². The molecule has 2 aromatic rings. The zero-order chi connectivity index (χ0) is 26.5. The molecule has 1 fully saturated rings. The smallest absolute Gasteiger partial charge is 0.228 e. The number of hydrogen-bond donors (Lipinski definition) is 2. The molecule has 9 heteroatoms. The van der Waals surface area contributed by atoms with E-state index < -0.39 is 5.90 Å². The molecular weight excluding hydrogens is 476 g/mol. The predicted octanol–water partition coefficient (Wildman–Crippen LogP) is 3.02. The molecule has 0 bridgehead atoms. The van der Waals surface area contributed by atoms with Crippen LogP contribution in [0, 0.1) is 12.3 Å². The van der Waals surface area contributed by atoms with Crippen LogP contribution >= 0.6 is 0 Å². The summed E-state index contributed by atoms with van der Waals surface area (Å²) in [6, 6.07) is 4.05. The average molecular weight is 512 g/mol. The van der Waals surface area contributed by atoms with Crippen molar-refractivity contribution >= 4 is 23.5 Å². The Morgan fingerprint density at radius 3 is 2.71 bits per heavy atom. The molecule has 2 aromatic heterocycles. The lowest BCUT2D eigenvalue weighted by Gasteiger charge is -2.36. The lowest BCUT2D eigenvalue weighted by Crippen LogP contribution is -2.44. The molecule has 3 aliphatic rings. The van der Waals surface area contributed by atoms with E-state index in [1.54, 1.807) is 0 Å². The number of fused-ring (bicyclic) bond motifs is 1. The number of piperazine rings is 1. The van der Waals surface area contributed by atoms with Crippen molar-refractivity contribution in [3.63, 3.8) is 0 Å². The van der Waals surface area contributed by atoms with E-state index in [0.717, 1.165) is 69.7 Å². The van der Waals surface area contributed by atoms with Gasteiger partial charge in [-0.2, -0.15) is 4.98 Å². The van der Waals surface area contributed by atoms with Crippen molar-refractivity contribution in [1.29, 1.82) is 0 Å². The van der Waals surface area contributed by atoms with E-state index in [1.165, 1.54) is 17.5 Å². The lowest BCUT2D eigenvalue weighted by molar-refractivity contribution is -0.213. The lowest BCUT2D eigenvalue weighted by atomic mass is 10.0. The molecule has 38 heavy (non-hydrogen) atoms. The molecule has 0 spiro atoms. The minimum atomic E-state index is -0.457. The van der Waals surface area contributed by atoms with Crippen molar-refractivity contribution in [3.8, 4) is 12.3 Å². The number of nitrogens with one attached hydrogen (secondary N) is 2. The fourth-order valence-electron chi connectivity index (χ4n) is 5.25. The monoisotopic (exact) mass is 511 g/mol. The summed E-state index contributed by atoms with van der Waals surface area (Å²) in [6.45, 7) is 6.50. The van der Waals surface area contributed by atoms with Gasteiger partial charge >= 0.3 is 0 Å². The van der Waals surface area contributed by atoms with Crippen LogP contribution in [0.5, 0.6) is 0 Å².